The first kappa shape index (κ1) is 16.7. The molecule has 5 nitrogen and oxygen atoms in total. The molecule has 2 aromatic carbocycles. The van der Waals surface area contributed by atoms with E-state index in [4.69, 9.17) is 9.47 Å². The second kappa shape index (κ2) is 7.22. The first-order valence-corrected chi connectivity index (χ1v) is 8.94. The van der Waals surface area contributed by atoms with Crippen LogP contribution < -0.4 is 10.1 Å². The number of rotatable bonds is 5. The molecule has 0 saturated carbocycles. The third-order valence-corrected chi connectivity index (χ3v) is 4.58. The number of aryl methyl sites for hydroxylation is 1. The maximum atomic E-state index is 12.4. The highest BCUT2D eigenvalue weighted by Crippen LogP contribution is 2.26. The van der Waals surface area contributed by atoms with Gasteiger partial charge in [-0.15, -0.1) is 0 Å². The third kappa shape index (κ3) is 3.73. The number of benzene rings is 2. The van der Waals surface area contributed by atoms with Crippen molar-refractivity contribution in [1.82, 2.24) is 10.3 Å². The Morgan fingerprint density at radius 2 is 2.12 bits per heavy atom. The monoisotopic (exact) mass is 350 g/mol. The molecule has 1 aromatic heterocycles. The van der Waals surface area contributed by atoms with E-state index in [9.17, 15) is 4.79 Å². The van der Waals surface area contributed by atoms with E-state index in [1.165, 1.54) is 0 Å². The lowest BCUT2D eigenvalue weighted by atomic mass is 10.2. The molecule has 4 rings (SSSR count). The molecule has 0 spiro atoms. The van der Waals surface area contributed by atoms with Crippen molar-refractivity contribution in [2.75, 3.05) is 13.2 Å². The van der Waals surface area contributed by atoms with Crippen LogP contribution in [0.25, 0.3) is 10.9 Å². The Hall–Kier alpha value is -2.79. The summed E-state index contributed by atoms with van der Waals surface area (Å²) < 4.78 is 11.5. The molecule has 5 heteroatoms. The number of carbonyl (C=O) groups is 1. The van der Waals surface area contributed by atoms with Crippen LogP contribution in [0.5, 0.6) is 11.5 Å². The van der Waals surface area contributed by atoms with Crippen LogP contribution in [-0.2, 0) is 4.74 Å². The van der Waals surface area contributed by atoms with Gasteiger partial charge in [-0.05, 0) is 61.7 Å². The van der Waals surface area contributed by atoms with Gasteiger partial charge in [-0.2, -0.15) is 0 Å². The Balaban J connectivity index is 1.47. The summed E-state index contributed by atoms with van der Waals surface area (Å²) in [5.41, 5.74) is 2.60. The number of hydrogen-bond acceptors (Lipinski definition) is 3. The van der Waals surface area contributed by atoms with Gasteiger partial charge in [0.25, 0.3) is 5.91 Å². The van der Waals surface area contributed by atoms with Gasteiger partial charge < -0.3 is 19.8 Å². The molecule has 134 valence electrons. The zero-order valence-corrected chi connectivity index (χ0v) is 14.7. The number of ether oxygens (including phenoxy) is 2. The molecule has 26 heavy (non-hydrogen) atoms. The van der Waals surface area contributed by atoms with Gasteiger partial charge in [0.15, 0.2) is 0 Å². The normalized spacial score (nSPS) is 16.7. The molecule has 1 unspecified atom stereocenters. The molecule has 3 aromatic rings. The molecular weight excluding hydrogens is 328 g/mol. The molecule has 2 heterocycles. The fourth-order valence-corrected chi connectivity index (χ4v) is 3.22. The number of nitrogens with one attached hydrogen (secondary N) is 2. The van der Waals surface area contributed by atoms with Crippen molar-refractivity contribution in [3.63, 3.8) is 0 Å². The minimum absolute atomic E-state index is 0.113. The zero-order valence-electron chi connectivity index (χ0n) is 14.7. The maximum absolute atomic E-state index is 12.4. The number of carbonyl (C=O) groups excluding carboxylic acids is 1. The number of amides is 1. The SMILES string of the molecule is Cc1cccc(Oc2ccc3[nH]c(C(=O)NCC4CCCO4)cc3c2)c1. The van der Waals surface area contributed by atoms with Gasteiger partial charge in [0.1, 0.15) is 17.2 Å². The Kier molecular flexibility index (Phi) is 4.63. The van der Waals surface area contributed by atoms with Crippen molar-refractivity contribution in [3.05, 3.63) is 59.8 Å². The fourth-order valence-electron chi connectivity index (χ4n) is 3.22. The van der Waals surface area contributed by atoms with Crippen molar-refractivity contribution in [2.45, 2.75) is 25.9 Å². The van der Waals surface area contributed by atoms with E-state index in [1.807, 2.05) is 55.5 Å². The molecule has 1 atom stereocenters. The van der Waals surface area contributed by atoms with Gasteiger partial charge in [-0.3, -0.25) is 4.79 Å². The molecule has 0 bridgehead atoms. The Labute approximate surface area is 152 Å². The Morgan fingerprint density at radius 1 is 1.23 bits per heavy atom. The quantitative estimate of drug-likeness (QED) is 0.726. The predicted molar refractivity (Wildman–Crippen MR) is 101 cm³/mol. The average Bonchev–Trinajstić information content (AvgIpc) is 3.29. The highest BCUT2D eigenvalue weighted by atomic mass is 16.5. The van der Waals surface area contributed by atoms with E-state index in [2.05, 4.69) is 10.3 Å². The summed E-state index contributed by atoms with van der Waals surface area (Å²) in [6, 6.07) is 15.5. The Bertz CT molecular complexity index is 926. The van der Waals surface area contributed by atoms with Gasteiger partial charge in [-0.1, -0.05) is 12.1 Å². The zero-order chi connectivity index (χ0) is 17.9. The standard InChI is InChI=1S/C21H22N2O3/c1-14-4-2-5-16(10-14)26-17-7-8-19-15(11-17)12-20(23-19)21(24)22-13-18-6-3-9-25-18/h2,4-5,7-8,10-12,18,23H,3,6,9,13H2,1H3,(H,22,24). The fraction of sp³-hybridized carbons (Fsp3) is 0.286. The smallest absolute Gasteiger partial charge is 0.267 e. The summed E-state index contributed by atoms with van der Waals surface area (Å²) in [4.78, 5) is 15.5. The number of H-pyrrole nitrogens is 1. The van der Waals surface area contributed by atoms with E-state index in [0.29, 0.717) is 12.2 Å². The van der Waals surface area contributed by atoms with Crippen molar-refractivity contribution < 1.29 is 14.3 Å². The minimum Gasteiger partial charge on any atom is -0.457 e. The number of aromatic nitrogens is 1. The summed E-state index contributed by atoms with van der Waals surface area (Å²) >= 11 is 0. The lowest BCUT2D eigenvalue weighted by Gasteiger charge is -2.09. The molecule has 1 amide bonds. The summed E-state index contributed by atoms with van der Waals surface area (Å²) in [6.45, 7) is 3.37. The summed E-state index contributed by atoms with van der Waals surface area (Å²) in [7, 11) is 0. The maximum Gasteiger partial charge on any atom is 0.267 e. The first-order valence-electron chi connectivity index (χ1n) is 8.94. The summed E-state index contributed by atoms with van der Waals surface area (Å²) in [5.74, 6) is 1.43. The topological polar surface area (TPSA) is 63.4 Å². The van der Waals surface area contributed by atoms with E-state index in [0.717, 1.165) is 47.4 Å². The van der Waals surface area contributed by atoms with E-state index in [1.54, 1.807) is 0 Å². The molecule has 1 aliphatic rings. The highest BCUT2D eigenvalue weighted by molar-refractivity contribution is 5.98. The number of aromatic amines is 1. The van der Waals surface area contributed by atoms with Gasteiger partial charge >= 0.3 is 0 Å². The highest BCUT2D eigenvalue weighted by Gasteiger charge is 2.17. The van der Waals surface area contributed by atoms with Gasteiger partial charge in [0.05, 0.1) is 6.10 Å². The van der Waals surface area contributed by atoms with E-state index >= 15 is 0 Å². The second-order valence-electron chi connectivity index (χ2n) is 6.70. The van der Waals surface area contributed by atoms with Crippen LogP contribution in [0.2, 0.25) is 0 Å². The molecule has 1 fully saturated rings. The van der Waals surface area contributed by atoms with Crippen molar-refractivity contribution in [1.29, 1.82) is 0 Å². The largest absolute Gasteiger partial charge is 0.457 e. The van der Waals surface area contributed by atoms with Crippen molar-refractivity contribution in [2.24, 2.45) is 0 Å². The average molecular weight is 350 g/mol. The lowest BCUT2D eigenvalue weighted by molar-refractivity contribution is 0.0854. The second-order valence-corrected chi connectivity index (χ2v) is 6.70. The van der Waals surface area contributed by atoms with Crippen LogP contribution in [0.4, 0.5) is 0 Å². The van der Waals surface area contributed by atoms with Crippen LogP contribution in [-0.4, -0.2) is 30.1 Å². The molecule has 1 saturated heterocycles. The summed E-state index contributed by atoms with van der Waals surface area (Å²) in [5, 5.41) is 3.88. The van der Waals surface area contributed by atoms with E-state index in [-0.39, 0.29) is 12.0 Å². The van der Waals surface area contributed by atoms with Crippen LogP contribution >= 0.6 is 0 Å². The predicted octanol–water partition coefficient (Wildman–Crippen LogP) is 4.18. The van der Waals surface area contributed by atoms with Crippen LogP contribution in [0.3, 0.4) is 0 Å². The number of fused-ring (bicyclic) bond motifs is 1. The molecule has 2 N–H and O–H groups in total. The molecule has 1 aliphatic heterocycles. The number of hydrogen-bond donors (Lipinski definition) is 2. The molecule has 0 radical (unpaired) electrons. The van der Waals surface area contributed by atoms with Gasteiger partial charge in [0, 0.05) is 24.1 Å². The Morgan fingerprint density at radius 3 is 2.92 bits per heavy atom. The van der Waals surface area contributed by atoms with Gasteiger partial charge in [0.2, 0.25) is 0 Å². The molecule has 0 aliphatic carbocycles. The van der Waals surface area contributed by atoms with E-state index < -0.39 is 0 Å². The van der Waals surface area contributed by atoms with Gasteiger partial charge in [-0.25, -0.2) is 0 Å². The van der Waals surface area contributed by atoms with Crippen molar-refractivity contribution >= 4 is 16.8 Å². The first-order chi connectivity index (χ1) is 12.7. The van der Waals surface area contributed by atoms with Crippen LogP contribution in [0.1, 0.15) is 28.9 Å². The minimum atomic E-state index is -0.113. The molecular formula is C21H22N2O3. The van der Waals surface area contributed by atoms with Crippen molar-refractivity contribution in [3.8, 4) is 11.5 Å². The third-order valence-electron chi connectivity index (χ3n) is 4.58. The van der Waals surface area contributed by atoms with Crippen LogP contribution in [0, 0.1) is 6.92 Å². The summed E-state index contributed by atoms with van der Waals surface area (Å²) in [6.07, 6.45) is 2.21. The lowest BCUT2D eigenvalue weighted by Crippen LogP contribution is -2.31. The van der Waals surface area contributed by atoms with Crippen LogP contribution in [0.15, 0.2) is 48.5 Å².